The lowest BCUT2D eigenvalue weighted by Crippen LogP contribution is -2.47. The van der Waals surface area contributed by atoms with E-state index in [-0.39, 0.29) is 0 Å². The van der Waals surface area contributed by atoms with Crippen LogP contribution < -0.4 is 9.64 Å². The van der Waals surface area contributed by atoms with E-state index in [4.69, 9.17) is 4.74 Å². The fraction of sp³-hybridized carbons (Fsp3) is 0.381. The van der Waals surface area contributed by atoms with E-state index in [1.165, 1.54) is 11.1 Å². The summed E-state index contributed by atoms with van der Waals surface area (Å²) in [4.78, 5) is 24.5. The first kappa shape index (κ1) is 17.2. The van der Waals surface area contributed by atoms with E-state index < -0.39 is 0 Å². The number of hydrogen-bond acceptors (Lipinski definition) is 6. The molecular weight excluding hydrogens is 354 g/mol. The molecule has 3 aromatic rings. The van der Waals surface area contributed by atoms with Gasteiger partial charge in [0.15, 0.2) is 11.9 Å². The molecule has 0 spiro atoms. The molecule has 1 unspecified atom stereocenters. The van der Waals surface area contributed by atoms with Crippen molar-refractivity contribution in [1.82, 2.24) is 19.3 Å². The standard InChI is InChI=1S/C21H23N5O2/c1-15(17-3-2-16-4-9-28-19(16)10-17)24-5-7-25(8-6-24)21-13-26-12-18(14-27)23-20(26)11-22-21/h2-3,10-15H,4-9H2,1H3. The zero-order chi connectivity index (χ0) is 19.1. The molecule has 1 fully saturated rings. The van der Waals surface area contributed by atoms with Crippen molar-refractivity contribution in [2.45, 2.75) is 19.4 Å². The van der Waals surface area contributed by atoms with Gasteiger partial charge in [-0.2, -0.15) is 0 Å². The van der Waals surface area contributed by atoms with Crippen LogP contribution in [0.2, 0.25) is 0 Å². The van der Waals surface area contributed by atoms with Gasteiger partial charge in [0.05, 0.1) is 19.0 Å². The van der Waals surface area contributed by atoms with Crippen LogP contribution in [-0.2, 0) is 6.42 Å². The van der Waals surface area contributed by atoms with Crippen LogP contribution in [0.4, 0.5) is 5.82 Å². The number of aromatic nitrogens is 3. The number of hydrogen-bond donors (Lipinski definition) is 0. The van der Waals surface area contributed by atoms with Crippen molar-refractivity contribution in [3.05, 3.63) is 53.6 Å². The summed E-state index contributed by atoms with van der Waals surface area (Å²) in [6.45, 7) is 6.85. The van der Waals surface area contributed by atoms with Gasteiger partial charge in [-0.05, 0) is 24.1 Å². The number of carbonyl (C=O) groups excluding carboxylic acids is 1. The van der Waals surface area contributed by atoms with Gasteiger partial charge in [0.25, 0.3) is 0 Å². The van der Waals surface area contributed by atoms with E-state index in [1.807, 2.05) is 10.6 Å². The van der Waals surface area contributed by atoms with E-state index in [2.05, 4.69) is 44.9 Å². The molecule has 5 rings (SSSR count). The largest absolute Gasteiger partial charge is 0.493 e. The van der Waals surface area contributed by atoms with Gasteiger partial charge in [-0.1, -0.05) is 12.1 Å². The highest BCUT2D eigenvalue weighted by Crippen LogP contribution is 2.31. The topological polar surface area (TPSA) is 63.0 Å². The third-order valence-corrected chi connectivity index (χ3v) is 5.86. The number of anilines is 1. The molecular formula is C21H23N5O2. The van der Waals surface area contributed by atoms with Crippen LogP contribution in [0.15, 0.2) is 36.8 Å². The molecule has 1 aromatic carbocycles. The van der Waals surface area contributed by atoms with E-state index in [0.717, 1.165) is 57.1 Å². The minimum absolute atomic E-state index is 0.357. The van der Waals surface area contributed by atoms with Gasteiger partial charge in [0.1, 0.15) is 17.3 Å². The first-order valence-corrected chi connectivity index (χ1v) is 9.76. The molecule has 144 valence electrons. The van der Waals surface area contributed by atoms with Gasteiger partial charge in [0.2, 0.25) is 0 Å². The van der Waals surface area contributed by atoms with Gasteiger partial charge in [0, 0.05) is 44.8 Å². The molecule has 7 heteroatoms. The van der Waals surface area contributed by atoms with Crippen molar-refractivity contribution in [3.8, 4) is 5.75 Å². The average Bonchev–Trinajstić information content (AvgIpc) is 3.38. The SMILES string of the molecule is CC(c1ccc2c(c1)OCC2)N1CCN(c2cn3cc(C=O)nc3cn2)CC1. The van der Waals surface area contributed by atoms with E-state index in [9.17, 15) is 4.79 Å². The number of aldehydes is 1. The quantitative estimate of drug-likeness (QED) is 0.651. The molecule has 4 heterocycles. The number of benzene rings is 1. The first-order chi connectivity index (χ1) is 13.7. The summed E-state index contributed by atoms with van der Waals surface area (Å²) in [6.07, 6.45) is 7.19. The van der Waals surface area contributed by atoms with E-state index in [0.29, 0.717) is 17.4 Å². The van der Waals surface area contributed by atoms with Crippen LogP contribution in [0, 0.1) is 0 Å². The first-order valence-electron chi connectivity index (χ1n) is 9.76. The highest BCUT2D eigenvalue weighted by molar-refractivity contribution is 5.73. The van der Waals surface area contributed by atoms with Gasteiger partial charge in [-0.3, -0.25) is 9.69 Å². The number of nitrogens with zero attached hydrogens (tertiary/aromatic N) is 5. The maximum Gasteiger partial charge on any atom is 0.170 e. The number of piperazine rings is 1. The number of ether oxygens (including phenoxy) is 1. The van der Waals surface area contributed by atoms with E-state index in [1.54, 1.807) is 12.4 Å². The lowest BCUT2D eigenvalue weighted by atomic mass is 10.0. The molecule has 0 aliphatic carbocycles. The molecule has 0 bridgehead atoms. The Hall–Kier alpha value is -2.93. The predicted molar refractivity (Wildman–Crippen MR) is 106 cm³/mol. The maximum absolute atomic E-state index is 10.9. The number of imidazole rings is 1. The Balaban J connectivity index is 1.27. The molecule has 1 atom stereocenters. The van der Waals surface area contributed by atoms with E-state index >= 15 is 0 Å². The molecule has 0 N–H and O–H groups in total. The fourth-order valence-electron chi connectivity index (χ4n) is 4.12. The van der Waals surface area contributed by atoms with Crippen molar-refractivity contribution in [2.24, 2.45) is 0 Å². The third kappa shape index (κ3) is 3.01. The Bertz CT molecular complexity index is 1020. The molecule has 0 radical (unpaired) electrons. The molecule has 1 saturated heterocycles. The lowest BCUT2D eigenvalue weighted by molar-refractivity contribution is 0.111. The van der Waals surface area contributed by atoms with Crippen molar-refractivity contribution in [2.75, 3.05) is 37.7 Å². The summed E-state index contributed by atoms with van der Waals surface area (Å²) >= 11 is 0. The van der Waals surface area contributed by atoms with Crippen LogP contribution in [0.3, 0.4) is 0 Å². The number of fused-ring (bicyclic) bond motifs is 2. The molecule has 0 saturated carbocycles. The molecule has 2 aliphatic heterocycles. The Labute approximate surface area is 163 Å². The molecule has 2 aromatic heterocycles. The Morgan fingerprint density at radius 3 is 2.86 bits per heavy atom. The minimum Gasteiger partial charge on any atom is -0.493 e. The Morgan fingerprint density at radius 1 is 1.18 bits per heavy atom. The summed E-state index contributed by atoms with van der Waals surface area (Å²) < 4.78 is 7.60. The predicted octanol–water partition coefficient (Wildman–Crippen LogP) is 2.36. The highest BCUT2D eigenvalue weighted by Gasteiger charge is 2.24. The molecule has 7 nitrogen and oxygen atoms in total. The molecule has 28 heavy (non-hydrogen) atoms. The second kappa shape index (κ2) is 6.91. The van der Waals surface area contributed by atoms with Crippen molar-refractivity contribution < 1.29 is 9.53 Å². The van der Waals surface area contributed by atoms with Crippen molar-refractivity contribution in [3.63, 3.8) is 0 Å². The summed E-state index contributed by atoms with van der Waals surface area (Å²) in [7, 11) is 0. The Kier molecular flexibility index (Phi) is 4.24. The summed E-state index contributed by atoms with van der Waals surface area (Å²) in [5, 5.41) is 0. The lowest BCUT2D eigenvalue weighted by Gasteiger charge is -2.38. The number of rotatable bonds is 4. The van der Waals surface area contributed by atoms with Gasteiger partial charge in [-0.25, -0.2) is 9.97 Å². The Morgan fingerprint density at radius 2 is 2.04 bits per heavy atom. The second-order valence-electron chi connectivity index (χ2n) is 7.46. The summed E-state index contributed by atoms with van der Waals surface area (Å²) in [5.41, 5.74) is 3.75. The zero-order valence-corrected chi connectivity index (χ0v) is 15.9. The third-order valence-electron chi connectivity index (χ3n) is 5.86. The smallest absolute Gasteiger partial charge is 0.170 e. The minimum atomic E-state index is 0.357. The van der Waals surface area contributed by atoms with Gasteiger partial charge in [-0.15, -0.1) is 0 Å². The van der Waals surface area contributed by atoms with Crippen LogP contribution in [0.5, 0.6) is 5.75 Å². The summed E-state index contributed by atoms with van der Waals surface area (Å²) in [5.74, 6) is 1.97. The van der Waals surface area contributed by atoms with Crippen molar-refractivity contribution >= 4 is 17.8 Å². The number of carbonyl (C=O) groups is 1. The second-order valence-corrected chi connectivity index (χ2v) is 7.46. The zero-order valence-electron chi connectivity index (χ0n) is 15.9. The van der Waals surface area contributed by atoms with Crippen LogP contribution in [0.1, 0.15) is 34.6 Å². The van der Waals surface area contributed by atoms with Crippen molar-refractivity contribution in [1.29, 1.82) is 0 Å². The van der Waals surface area contributed by atoms with Crippen LogP contribution in [-0.4, -0.2) is 58.3 Å². The monoisotopic (exact) mass is 377 g/mol. The molecule has 0 amide bonds. The summed E-state index contributed by atoms with van der Waals surface area (Å²) in [6, 6.07) is 7.01. The van der Waals surface area contributed by atoms with Crippen LogP contribution >= 0.6 is 0 Å². The highest BCUT2D eigenvalue weighted by atomic mass is 16.5. The molecule has 2 aliphatic rings. The average molecular weight is 377 g/mol. The van der Waals surface area contributed by atoms with Gasteiger partial charge < -0.3 is 14.0 Å². The normalized spacial score (nSPS) is 18.1. The van der Waals surface area contributed by atoms with Gasteiger partial charge >= 0.3 is 0 Å². The maximum atomic E-state index is 10.9. The fourth-order valence-corrected chi connectivity index (χ4v) is 4.12. The van der Waals surface area contributed by atoms with Crippen LogP contribution in [0.25, 0.3) is 5.65 Å².